The van der Waals surface area contributed by atoms with Gasteiger partial charge in [0.2, 0.25) is 0 Å². The minimum Gasteiger partial charge on any atom is -0.397 e. The first-order valence-electron chi connectivity index (χ1n) is 5.99. The highest BCUT2D eigenvalue weighted by atomic mass is 79.9. The Labute approximate surface area is 131 Å². The van der Waals surface area contributed by atoms with Crippen molar-refractivity contribution in [2.75, 3.05) is 19.3 Å². The normalized spacial score (nSPS) is 11.9. The smallest absolute Gasteiger partial charge is 0.390 e. The Morgan fingerprint density at radius 3 is 2.67 bits per heavy atom. The monoisotopic (exact) mass is 380 g/mol. The van der Waals surface area contributed by atoms with Crippen LogP contribution in [-0.4, -0.2) is 30.6 Å². The molecule has 1 amide bonds. The number of nitrogens with two attached hydrogens (primary N) is 1. The van der Waals surface area contributed by atoms with E-state index in [0.29, 0.717) is 5.69 Å². The van der Waals surface area contributed by atoms with E-state index >= 15 is 0 Å². The van der Waals surface area contributed by atoms with Crippen molar-refractivity contribution in [1.29, 1.82) is 0 Å². The van der Waals surface area contributed by atoms with Gasteiger partial charge in [-0.05, 0) is 12.1 Å². The Hall–Kier alpha value is -1.28. The first kappa shape index (κ1) is 16.1. The first-order valence-corrected chi connectivity index (χ1v) is 7.60. The molecule has 0 saturated heterocycles. The zero-order chi connectivity index (χ0) is 15.8. The van der Waals surface area contributed by atoms with Gasteiger partial charge in [0.1, 0.15) is 4.88 Å². The molecule has 0 aliphatic heterocycles. The maximum atomic E-state index is 12.2. The lowest BCUT2D eigenvalue weighted by molar-refractivity contribution is -0.136. The molecule has 8 heteroatoms. The Morgan fingerprint density at radius 2 is 2.10 bits per heavy atom. The van der Waals surface area contributed by atoms with Crippen LogP contribution in [0.5, 0.6) is 0 Å². The maximum Gasteiger partial charge on any atom is 0.390 e. The highest BCUT2D eigenvalue weighted by Crippen LogP contribution is 2.38. The van der Waals surface area contributed by atoms with Crippen molar-refractivity contribution in [3.8, 4) is 0 Å². The van der Waals surface area contributed by atoms with Crippen LogP contribution in [0.2, 0.25) is 0 Å². The van der Waals surface area contributed by atoms with Gasteiger partial charge in [-0.1, -0.05) is 22.0 Å². The van der Waals surface area contributed by atoms with Gasteiger partial charge in [-0.3, -0.25) is 4.79 Å². The third-order valence-corrected chi connectivity index (χ3v) is 4.79. The molecule has 1 aromatic heterocycles. The molecule has 2 aromatic rings. The van der Waals surface area contributed by atoms with Crippen molar-refractivity contribution in [3.63, 3.8) is 0 Å². The van der Waals surface area contributed by atoms with Crippen LogP contribution in [-0.2, 0) is 0 Å². The molecule has 1 aromatic carbocycles. The SMILES string of the molecule is CN(CCC(F)(F)F)C(=O)c1sc2cccc(Br)c2c1N. The van der Waals surface area contributed by atoms with Gasteiger partial charge in [-0.25, -0.2) is 0 Å². The zero-order valence-electron chi connectivity index (χ0n) is 11.0. The molecule has 0 bridgehead atoms. The quantitative estimate of drug-likeness (QED) is 0.863. The second kappa shape index (κ2) is 5.84. The van der Waals surface area contributed by atoms with Gasteiger partial charge in [-0.2, -0.15) is 13.2 Å². The number of benzene rings is 1. The average Bonchev–Trinajstić information content (AvgIpc) is 2.73. The van der Waals surface area contributed by atoms with Crippen molar-refractivity contribution in [1.82, 2.24) is 4.90 Å². The summed E-state index contributed by atoms with van der Waals surface area (Å²) < 4.78 is 38.2. The molecule has 0 spiro atoms. The van der Waals surface area contributed by atoms with Crippen LogP contribution in [0, 0.1) is 0 Å². The lowest BCUT2D eigenvalue weighted by Gasteiger charge is -2.17. The molecule has 0 aliphatic rings. The summed E-state index contributed by atoms with van der Waals surface area (Å²) in [6.07, 6.45) is -5.33. The molecule has 3 nitrogen and oxygen atoms in total. The van der Waals surface area contributed by atoms with Crippen LogP contribution in [0.1, 0.15) is 16.1 Å². The molecule has 1 heterocycles. The second-order valence-electron chi connectivity index (χ2n) is 4.55. The third-order valence-electron chi connectivity index (χ3n) is 2.97. The highest BCUT2D eigenvalue weighted by molar-refractivity contribution is 9.10. The molecule has 114 valence electrons. The van der Waals surface area contributed by atoms with Gasteiger partial charge in [0, 0.05) is 28.2 Å². The first-order chi connectivity index (χ1) is 9.70. The van der Waals surface area contributed by atoms with Gasteiger partial charge in [0.15, 0.2) is 0 Å². The summed E-state index contributed by atoms with van der Waals surface area (Å²) in [5.41, 5.74) is 6.27. The number of amides is 1. The lowest BCUT2D eigenvalue weighted by atomic mass is 10.2. The molecule has 0 saturated carbocycles. The van der Waals surface area contributed by atoms with Gasteiger partial charge in [0.05, 0.1) is 12.1 Å². The zero-order valence-corrected chi connectivity index (χ0v) is 13.4. The van der Waals surface area contributed by atoms with Crippen LogP contribution in [0.15, 0.2) is 22.7 Å². The molecular weight excluding hydrogens is 369 g/mol. The van der Waals surface area contributed by atoms with Crippen LogP contribution in [0.3, 0.4) is 0 Å². The topological polar surface area (TPSA) is 46.3 Å². The van der Waals surface area contributed by atoms with E-state index in [0.717, 1.165) is 19.5 Å². The van der Waals surface area contributed by atoms with E-state index in [4.69, 9.17) is 5.73 Å². The Kier molecular flexibility index (Phi) is 4.48. The number of hydrogen-bond acceptors (Lipinski definition) is 3. The predicted octanol–water partition coefficient (Wildman–Crippen LogP) is 4.27. The number of halogens is 4. The van der Waals surface area contributed by atoms with E-state index in [1.54, 1.807) is 6.07 Å². The largest absolute Gasteiger partial charge is 0.397 e. The average molecular weight is 381 g/mol. The van der Waals surface area contributed by atoms with Gasteiger partial charge in [0.25, 0.3) is 5.91 Å². The number of hydrogen-bond donors (Lipinski definition) is 1. The summed E-state index contributed by atoms with van der Waals surface area (Å²) in [4.78, 5) is 13.5. The number of nitrogens with zero attached hydrogens (tertiary/aromatic N) is 1. The van der Waals surface area contributed by atoms with E-state index in [-0.39, 0.29) is 4.88 Å². The van der Waals surface area contributed by atoms with Crippen LogP contribution < -0.4 is 5.73 Å². The van der Waals surface area contributed by atoms with E-state index in [1.165, 1.54) is 18.4 Å². The van der Waals surface area contributed by atoms with Crippen molar-refractivity contribution >= 4 is 48.9 Å². The molecular formula is C13H12BrF3N2OS. The molecule has 0 unspecified atom stereocenters. The minimum absolute atomic E-state index is 0.265. The number of anilines is 1. The molecule has 0 aliphatic carbocycles. The number of fused-ring (bicyclic) bond motifs is 1. The third kappa shape index (κ3) is 3.49. The number of rotatable bonds is 3. The fourth-order valence-electron chi connectivity index (χ4n) is 1.86. The number of nitrogen functional groups attached to an aromatic ring is 1. The van der Waals surface area contributed by atoms with E-state index in [1.807, 2.05) is 12.1 Å². The van der Waals surface area contributed by atoms with Crippen LogP contribution in [0.25, 0.3) is 10.1 Å². The molecule has 2 N–H and O–H groups in total. The van der Waals surface area contributed by atoms with Crippen LogP contribution >= 0.6 is 27.3 Å². The number of alkyl halides is 3. The van der Waals surface area contributed by atoms with E-state index in [9.17, 15) is 18.0 Å². The van der Waals surface area contributed by atoms with Crippen molar-refractivity contribution in [2.45, 2.75) is 12.6 Å². The minimum atomic E-state index is -4.29. The fourth-order valence-corrected chi connectivity index (χ4v) is 3.71. The van der Waals surface area contributed by atoms with Crippen molar-refractivity contribution < 1.29 is 18.0 Å². The van der Waals surface area contributed by atoms with Gasteiger partial charge >= 0.3 is 6.18 Å². The Bertz CT molecular complexity index is 684. The highest BCUT2D eigenvalue weighted by Gasteiger charge is 2.29. The molecule has 0 radical (unpaired) electrons. The summed E-state index contributed by atoms with van der Waals surface area (Å²) in [7, 11) is 1.34. The Morgan fingerprint density at radius 1 is 1.43 bits per heavy atom. The van der Waals surface area contributed by atoms with Gasteiger partial charge in [-0.15, -0.1) is 11.3 Å². The summed E-state index contributed by atoms with van der Waals surface area (Å²) >= 11 is 4.54. The summed E-state index contributed by atoms with van der Waals surface area (Å²) in [6, 6.07) is 5.42. The van der Waals surface area contributed by atoms with Crippen molar-refractivity contribution in [2.24, 2.45) is 0 Å². The molecule has 2 rings (SSSR count). The predicted molar refractivity (Wildman–Crippen MR) is 81.6 cm³/mol. The summed E-state index contributed by atoms with van der Waals surface area (Å²) in [5, 5.41) is 0.718. The van der Waals surface area contributed by atoms with Crippen LogP contribution in [0.4, 0.5) is 18.9 Å². The number of carbonyl (C=O) groups is 1. The standard InChI is InChI=1S/C13H12BrF3N2OS/c1-19(6-5-13(15,16)17)12(20)11-10(18)9-7(14)3-2-4-8(9)21-11/h2-4H,5-6,18H2,1H3. The lowest BCUT2D eigenvalue weighted by Crippen LogP contribution is -2.30. The summed E-state index contributed by atoms with van der Waals surface area (Å²) in [5.74, 6) is -0.496. The summed E-state index contributed by atoms with van der Waals surface area (Å²) in [6.45, 7) is -0.392. The number of carbonyl (C=O) groups excluding carboxylic acids is 1. The maximum absolute atomic E-state index is 12.2. The van der Waals surface area contributed by atoms with Crippen molar-refractivity contribution in [3.05, 3.63) is 27.5 Å². The second-order valence-corrected chi connectivity index (χ2v) is 6.46. The Balaban J connectivity index is 2.27. The number of thiophene rings is 1. The van der Waals surface area contributed by atoms with E-state index < -0.39 is 25.0 Å². The molecule has 0 fully saturated rings. The van der Waals surface area contributed by atoms with Gasteiger partial charge < -0.3 is 10.6 Å². The molecule has 21 heavy (non-hydrogen) atoms. The molecule has 0 atom stereocenters. The fraction of sp³-hybridized carbons (Fsp3) is 0.308. The van der Waals surface area contributed by atoms with E-state index in [2.05, 4.69) is 15.9 Å².